The van der Waals surface area contributed by atoms with Crippen LogP contribution >= 0.6 is 0 Å². The number of aryl methyl sites for hydroxylation is 2. The molecular formula is C64H74F16N26O2. The quantitative estimate of drug-likeness (QED) is 0.0261. The predicted octanol–water partition coefficient (Wildman–Crippen LogP) is 15.3. The summed E-state index contributed by atoms with van der Waals surface area (Å²) in [4.78, 5) is 30.5. The fourth-order valence-corrected chi connectivity index (χ4v) is 12.2. The van der Waals surface area contributed by atoms with Crippen molar-refractivity contribution in [3.63, 3.8) is 0 Å². The lowest BCUT2D eigenvalue weighted by atomic mass is 9.78. The van der Waals surface area contributed by atoms with Crippen LogP contribution in [0.1, 0.15) is 133 Å². The van der Waals surface area contributed by atoms with Crippen LogP contribution < -0.4 is 42.5 Å². The lowest BCUT2D eigenvalue weighted by Gasteiger charge is -2.35. The molecule has 8 N–H and O–H groups in total. The first-order valence-corrected chi connectivity index (χ1v) is 33.3. The lowest BCUT2D eigenvalue weighted by molar-refractivity contribution is -0.147. The largest absolute Gasteiger partial charge is 0.421 e. The third-order valence-electron chi connectivity index (χ3n) is 18.2. The van der Waals surface area contributed by atoms with Crippen LogP contribution in [0.25, 0.3) is 0 Å². The van der Waals surface area contributed by atoms with Crippen LogP contribution in [-0.2, 0) is 34.2 Å². The Morgan fingerprint density at radius 3 is 0.954 bits per heavy atom. The molecule has 584 valence electrons. The number of rotatable bonds is 24. The number of ether oxygens (including phenoxy) is 2. The third-order valence-corrected chi connectivity index (χ3v) is 18.2. The monoisotopic (exact) mass is 1540 g/mol. The zero-order valence-corrected chi connectivity index (χ0v) is 58.8. The van der Waals surface area contributed by atoms with Gasteiger partial charge >= 0.3 is 37.9 Å². The number of hydrogen-bond acceptors (Lipinski definition) is 24. The van der Waals surface area contributed by atoms with Crippen LogP contribution in [0.4, 0.5) is 140 Å². The molecule has 28 nitrogen and oxygen atoms in total. The minimum absolute atomic E-state index is 0.00295. The van der Waals surface area contributed by atoms with Gasteiger partial charge in [0.25, 0.3) is 0 Å². The summed E-state index contributed by atoms with van der Waals surface area (Å²) in [6.45, 7) is 1.67. The SMILES string of the molecule is CNc1nc(Nc2cn(C3CC(CC#N)C3)nc2C)ncc1C(F)(F)F.CNc1nc(Nc2cn(C3CC(COC(F)F)C3)nc2C)ncc1C(F)(F)F.CNc1nc(Nc2cnn(C3CC(CC#N)C3)c2C)ncc1C(F)(F)F.CNc1nc(Nc2cnn(C3CC(COC(F)F)C3)c2C)ncc1C(F)(F)F. The smallest absolute Gasteiger partial charge is 0.372 e. The molecule has 108 heavy (non-hydrogen) atoms. The van der Waals surface area contributed by atoms with E-state index in [0.717, 1.165) is 49.5 Å². The van der Waals surface area contributed by atoms with Crippen molar-refractivity contribution >= 4 is 69.8 Å². The van der Waals surface area contributed by atoms with Crippen LogP contribution in [0.2, 0.25) is 0 Å². The number of hydrogen-bond donors (Lipinski definition) is 8. The van der Waals surface area contributed by atoms with Gasteiger partial charge in [-0.15, -0.1) is 0 Å². The maximum atomic E-state index is 12.9. The predicted molar refractivity (Wildman–Crippen MR) is 359 cm³/mol. The molecule has 8 aromatic rings. The Bertz CT molecular complexity index is 4270. The summed E-state index contributed by atoms with van der Waals surface area (Å²) >= 11 is 0. The molecule has 0 spiro atoms. The second-order valence-electron chi connectivity index (χ2n) is 25.6. The normalized spacial score (nSPS) is 19.6. The molecule has 4 aliphatic rings. The van der Waals surface area contributed by atoms with Gasteiger partial charge in [-0.3, -0.25) is 18.7 Å². The highest BCUT2D eigenvalue weighted by Crippen LogP contribution is 2.45. The second-order valence-corrected chi connectivity index (χ2v) is 25.6. The van der Waals surface area contributed by atoms with Crippen LogP contribution in [0.3, 0.4) is 0 Å². The van der Waals surface area contributed by atoms with Crippen molar-refractivity contribution < 1.29 is 79.7 Å². The highest BCUT2D eigenvalue weighted by Gasteiger charge is 2.41. The van der Waals surface area contributed by atoms with Gasteiger partial charge in [0.1, 0.15) is 45.5 Å². The highest BCUT2D eigenvalue weighted by atomic mass is 19.4. The van der Waals surface area contributed by atoms with Crippen molar-refractivity contribution in [3.8, 4) is 12.1 Å². The Morgan fingerprint density at radius 1 is 0.417 bits per heavy atom. The molecule has 4 fully saturated rings. The van der Waals surface area contributed by atoms with Crippen LogP contribution in [-0.4, -0.2) is 134 Å². The first-order valence-electron chi connectivity index (χ1n) is 33.3. The Hall–Kier alpha value is -10.7. The van der Waals surface area contributed by atoms with E-state index in [1.165, 1.54) is 34.4 Å². The Labute approximate surface area is 605 Å². The van der Waals surface area contributed by atoms with Crippen molar-refractivity contribution in [1.29, 1.82) is 10.5 Å². The summed E-state index contributed by atoms with van der Waals surface area (Å²) in [7, 11) is 5.43. The molecule has 0 aliphatic heterocycles. The van der Waals surface area contributed by atoms with E-state index in [2.05, 4.69) is 124 Å². The zero-order valence-electron chi connectivity index (χ0n) is 58.8. The molecule has 0 aromatic carbocycles. The van der Waals surface area contributed by atoms with Gasteiger partial charge in [0, 0.05) is 78.2 Å². The van der Waals surface area contributed by atoms with Crippen molar-refractivity contribution in [2.24, 2.45) is 23.7 Å². The maximum Gasteiger partial charge on any atom is 0.421 e. The fourth-order valence-electron chi connectivity index (χ4n) is 12.2. The molecule has 4 saturated carbocycles. The van der Waals surface area contributed by atoms with E-state index in [1.54, 1.807) is 48.7 Å². The van der Waals surface area contributed by atoms with E-state index in [-0.39, 0.29) is 96.3 Å². The summed E-state index contributed by atoms with van der Waals surface area (Å²) in [6, 6.07) is 4.94. The van der Waals surface area contributed by atoms with E-state index in [1.807, 2.05) is 16.3 Å². The summed E-state index contributed by atoms with van der Waals surface area (Å²) in [5.41, 5.74) is 1.51. The van der Waals surface area contributed by atoms with Crippen molar-refractivity contribution in [2.45, 2.75) is 154 Å². The van der Waals surface area contributed by atoms with Crippen LogP contribution in [0.5, 0.6) is 0 Å². The number of halogens is 16. The van der Waals surface area contributed by atoms with Gasteiger partial charge in [-0.2, -0.15) is 121 Å². The van der Waals surface area contributed by atoms with Crippen molar-refractivity contribution in [1.82, 2.24) is 79.0 Å². The van der Waals surface area contributed by atoms with Gasteiger partial charge in [-0.25, -0.2) is 19.9 Å². The molecule has 0 bridgehead atoms. The number of nitrogens with one attached hydrogen (secondary N) is 8. The number of alkyl halides is 16. The topological polar surface area (TPSA) is 337 Å². The Morgan fingerprint density at radius 2 is 0.685 bits per heavy atom. The van der Waals surface area contributed by atoms with E-state index in [0.29, 0.717) is 96.9 Å². The number of nitrogens with zero attached hydrogens (tertiary/aromatic N) is 18. The van der Waals surface area contributed by atoms with Crippen LogP contribution in [0, 0.1) is 74.0 Å². The number of anilines is 12. The summed E-state index contributed by atoms with van der Waals surface area (Å²) in [6.07, 6.45) is -1.30. The molecule has 8 heterocycles. The molecule has 8 aromatic heterocycles. The van der Waals surface area contributed by atoms with E-state index >= 15 is 0 Å². The Kier molecular flexibility index (Phi) is 26.0. The van der Waals surface area contributed by atoms with Gasteiger partial charge in [0.15, 0.2) is 0 Å². The van der Waals surface area contributed by atoms with Gasteiger partial charge < -0.3 is 52.0 Å². The van der Waals surface area contributed by atoms with E-state index in [4.69, 9.17) is 10.5 Å². The Balaban J connectivity index is 0.000000166. The first-order chi connectivity index (χ1) is 51.0. The highest BCUT2D eigenvalue weighted by molar-refractivity contribution is 5.62. The maximum absolute atomic E-state index is 12.9. The summed E-state index contributed by atoms with van der Waals surface area (Å²) < 4.78 is 219. The van der Waals surface area contributed by atoms with E-state index in [9.17, 15) is 70.2 Å². The molecule has 0 atom stereocenters. The molecule has 44 heteroatoms. The molecule has 4 aliphatic carbocycles. The number of aromatic nitrogens is 16. The number of nitriles is 2. The molecular weight excluding hydrogens is 1470 g/mol. The van der Waals surface area contributed by atoms with Gasteiger partial charge in [-0.05, 0) is 103 Å². The summed E-state index contributed by atoms with van der Waals surface area (Å²) in [5, 5.41) is 56.2. The van der Waals surface area contributed by atoms with Crippen molar-refractivity contribution in [3.05, 3.63) is 94.6 Å². The molecule has 12 rings (SSSR count). The fraction of sp³-hybridized carbons (Fsp3) is 0.531. The zero-order chi connectivity index (χ0) is 78.7. The second kappa shape index (κ2) is 34.5. The molecule has 0 saturated heterocycles. The summed E-state index contributed by atoms with van der Waals surface area (Å²) in [5.74, 6) is -0.241. The average molecular weight is 1540 g/mol. The van der Waals surface area contributed by atoms with Gasteiger partial charge in [0.05, 0.1) is 107 Å². The average Bonchev–Trinajstić information content (AvgIpc) is 1.55. The molecule has 0 unspecified atom stereocenters. The van der Waals surface area contributed by atoms with Crippen molar-refractivity contribution in [2.75, 3.05) is 83.9 Å². The molecule has 0 amide bonds. The van der Waals surface area contributed by atoms with Gasteiger partial charge in [-0.1, -0.05) is 0 Å². The first kappa shape index (κ1) is 81.4. The molecule has 0 radical (unpaired) electrons. The minimum Gasteiger partial charge on any atom is -0.372 e. The van der Waals surface area contributed by atoms with Gasteiger partial charge in [0.2, 0.25) is 23.8 Å². The third kappa shape index (κ3) is 20.5. The van der Waals surface area contributed by atoms with Crippen LogP contribution in [0.15, 0.2) is 49.6 Å². The lowest BCUT2D eigenvalue weighted by Crippen LogP contribution is -2.31. The van der Waals surface area contributed by atoms with E-state index < -0.39 is 60.2 Å². The minimum atomic E-state index is -4.56. The standard InChI is InChI=1S/2C16H19F5N6O.2C16H18F3N7/c1-8-12(6-27(26-8)10-3-9(4-10)7-28-14(17)18)24-15-23-5-11(16(19,20)21)13(22-2)25-15;1-8-12(6-24-27(8)10-3-9(4-10)7-28-14(17)18)25-15-23-5-11(16(19,20)21)13(22-2)26-15;1-9-13(8-26(25-9)11-5-10(6-11)3-4-20)23-15-22-7-12(16(17,18)19)14(21-2)24-15;1-9-13(8-23-26(9)11-5-10(6-11)3-4-20)24-15-22-7-12(16(17,18)19)14(21-2)25-15/h5-6,9-10,14H,3-4,7H2,1-2H3,(H2,22,23,24,25);5-6,9-10,14H,3-4,7H2,1-2H3,(H2,22,23,25,26);7-8,10-11H,3,5-6H2,1-2H3,(H2,21,22,23,24);7-8,10-11H,3,5-6H2,1-2H3,(H2,21,22,24,25).